The number of hydrogen-bond donors (Lipinski definition) is 2. The van der Waals surface area contributed by atoms with Gasteiger partial charge in [-0.2, -0.15) is 0 Å². The fraction of sp³-hybridized carbons (Fsp3) is 0.500. The molecule has 1 aliphatic heterocycles. The Hall–Kier alpha value is -1.59. The molecule has 1 heterocycles. The normalized spacial score (nSPS) is 18.5. The number of amides is 1. The Balaban J connectivity index is 1.83. The van der Waals surface area contributed by atoms with Crippen molar-refractivity contribution in [3.05, 3.63) is 29.8 Å². The first-order valence-electron chi connectivity index (χ1n) is 6.38. The summed E-state index contributed by atoms with van der Waals surface area (Å²) in [6.45, 7) is 0.923. The molecule has 0 aromatic heterocycles. The molecule has 0 spiro atoms. The third kappa shape index (κ3) is 3.45. The molecule has 0 saturated heterocycles. The van der Waals surface area contributed by atoms with Gasteiger partial charge in [0.05, 0.1) is 12.7 Å². The van der Waals surface area contributed by atoms with Crippen molar-refractivity contribution in [3.8, 4) is 0 Å². The monoisotopic (exact) mass is 264 g/mol. The maximum atomic E-state index is 12.1. The van der Waals surface area contributed by atoms with E-state index >= 15 is 0 Å². The van der Waals surface area contributed by atoms with E-state index in [2.05, 4.69) is 10.6 Å². The van der Waals surface area contributed by atoms with E-state index in [0.29, 0.717) is 13.2 Å². The Kier molecular flexibility index (Phi) is 4.76. The van der Waals surface area contributed by atoms with Gasteiger partial charge in [0.2, 0.25) is 5.91 Å². The highest BCUT2D eigenvalue weighted by Crippen LogP contribution is 2.24. The van der Waals surface area contributed by atoms with Crippen LogP contribution in [0.3, 0.4) is 0 Å². The van der Waals surface area contributed by atoms with Gasteiger partial charge >= 0.3 is 0 Å². The van der Waals surface area contributed by atoms with Crippen molar-refractivity contribution in [2.75, 3.05) is 32.7 Å². The van der Waals surface area contributed by atoms with E-state index in [0.717, 1.165) is 12.1 Å². The van der Waals surface area contributed by atoms with Crippen LogP contribution in [0.4, 0.5) is 5.69 Å². The highest BCUT2D eigenvalue weighted by Gasteiger charge is 2.26. The van der Waals surface area contributed by atoms with Crippen molar-refractivity contribution in [2.24, 2.45) is 0 Å². The van der Waals surface area contributed by atoms with Crippen LogP contribution in [0.15, 0.2) is 24.3 Å². The van der Waals surface area contributed by atoms with Crippen LogP contribution in [0.2, 0.25) is 0 Å². The summed E-state index contributed by atoms with van der Waals surface area (Å²) >= 11 is 0. The van der Waals surface area contributed by atoms with Gasteiger partial charge in [-0.1, -0.05) is 18.2 Å². The molecule has 0 bridgehead atoms. The minimum absolute atomic E-state index is 0.00523. The molecule has 2 atom stereocenters. The Morgan fingerprint density at radius 1 is 1.47 bits per heavy atom. The van der Waals surface area contributed by atoms with Crippen LogP contribution in [0.25, 0.3) is 0 Å². The number of fused-ring (bicyclic) bond motifs is 1. The summed E-state index contributed by atoms with van der Waals surface area (Å²) in [6.07, 6.45) is 0.613. The summed E-state index contributed by atoms with van der Waals surface area (Å²) in [5, 5.41) is 6.11. The second kappa shape index (κ2) is 6.54. The number of benzene rings is 1. The molecule has 2 N–H and O–H groups in total. The van der Waals surface area contributed by atoms with E-state index in [1.54, 1.807) is 14.2 Å². The van der Waals surface area contributed by atoms with E-state index in [1.807, 2.05) is 24.3 Å². The van der Waals surface area contributed by atoms with E-state index < -0.39 is 0 Å². The highest BCUT2D eigenvalue weighted by atomic mass is 16.5. The zero-order valence-corrected chi connectivity index (χ0v) is 11.3. The molecular weight excluding hydrogens is 244 g/mol. The summed E-state index contributed by atoms with van der Waals surface area (Å²) in [5.74, 6) is -0.00523. The van der Waals surface area contributed by atoms with Gasteiger partial charge in [0.25, 0.3) is 0 Å². The van der Waals surface area contributed by atoms with Crippen LogP contribution >= 0.6 is 0 Å². The molecule has 1 aliphatic rings. The Bertz CT molecular complexity index is 411. The first-order chi connectivity index (χ1) is 9.24. The van der Waals surface area contributed by atoms with Crippen LogP contribution in [0.1, 0.15) is 5.56 Å². The number of carbonyl (C=O) groups excluding carboxylic acids is 1. The van der Waals surface area contributed by atoms with Gasteiger partial charge in [-0.05, 0) is 11.6 Å². The van der Waals surface area contributed by atoms with Crippen LogP contribution < -0.4 is 10.6 Å². The fourth-order valence-corrected chi connectivity index (χ4v) is 2.19. The summed E-state index contributed by atoms with van der Waals surface area (Å²) < 4.78 is 10.2. The van der Waals surface area contributed by atoms with Crippen molar-refractivity contribution < 1.29 is 14.3 Å². The minimum atomic E-state index is -0.197. The molecule has 19 heavy (non-hydrogen) atoms. The SMILES string of the molecule is COCC(CNC(=O)C1Cc2ccccc2N1)OC. The van der Waals surface area contributed by atoms with Crippen LogP contribution in [-0.2, 0) is 20.7 Å². The topological polar surface area (TPSA) is 59.6 Å². The van der Waals surface area contributed by atoms with Gasteiger partial charge in [0.1, 0.15) is 6.04 Å². The van der Waals surface area contributed by atoms with Crippen molar-refractivity contribution >= 4 is 11.6 Å². The molecule has 2 unspecified atom stereocenters. The van der Waals surface area contributed by atoms with Gasteiger partial charge < -0.3 is 20.1 Å². The molecule has 0 saturated carbocycles. The molecule has 2 rings (SSSR count). The fourth-order valence-electron chi connectivity index (χ4n) is 2.19. The predicted octanol–water partition coefficient (Wildman–Crippen LogP) is 0.801. The van der Waals surface area contributed by atoms with Gasteiger partial charge in [0, 0.05) is 32.9 Å². The Morgan fingerprint density at radius 3 is 2.95 bits per heavy atom. The maximum absolute atomic E-state index is 12.1. The number of rotatable bonds is 6. The van der Waals surface area contributed by atoms with Crippen LogP contribution in [0.5, 0.6) is 0 Å². The van der Waals surface area contributed by atoms with Crippen molar-refractivity contribution in [1.29, 1.82) is 0 Å². The lowest BCUT2D eigenvalue weighted by Crippen LogP contribution is -2.43. The number of hydrogen-bond acceptors (Lipinski definition) is 4. The van der Waals surface area contributed by atoms with Gasteiger partial charge in [-0.3, -0.25) is 4.79 Å². The van der Waals surface area contributed by atoms with Gasteiger partial charge in [-0.15, -0.1) is 0 Å². The molecule has 0 aliphatic carbocycles. The maximum Gasteiger partial charge on any atom is 0.242 e. The second-order valence-electron chi connectivity index (χ2n) is 4.62. The molecule has 5 nitrogen and oxygen atoms in total. The molecule has 104 valence electrons. The first-order valence-corrected chi connectivity index (χ1v) is 6.38. The van der Waals surface area contributed by atoms with E-state index in [-0.39, 0.29) is 18.1 Å². The highest BCUT2D eigenvalue weighted by molar-refractivity contribution is 5.87. The third-order valence-corrected chi connectivity index (χ3v) is 3.28. The molecule has 1 amide bonds. The summed E-state index contributed by atoms with van der Waals surface area (Å²) in [7, 11) is 3.22. The molecule has 1 aromatic rings. The quantitative estimate of drug-likeness (QED) is 0.798. The number of anilines is 1. The third-order valence-electron chi connectivity index (χ3n) is 3.28. The van der Waals surface area contributed by atoms with E-state index in [1.165, 1.54) is 5.56 Å². The molecule has 0 fully saturated rings. The molecule has 0 radical (unpaired) electrons. The summed E-state index contributed by atoms with van der Waals surface area (Å²) in [4.78, 5) is 12.1. The minimum Gasteiger partial charge on any atom is -0.382 e. The largest absolute Gasteiger partial charge is 0.382 e. The Labute approximate surface area is 113 Å². The number of nitrogens with one attached hydrogen (secondary N) is 2. The number of para-hydroxylation sites is 1. The average Bonchev–Trinajstić information content (AvgIpc) is 2.87. The smallest absolute Gasteiger partial charge is 0.242 e. The lowest BCUT2D eigenvalue weighted by molar-refractivity contribution is -0.122. The van der Waals surface area contributed by atoms with Crippen molar-refractivity contribution in [1.82, 2.24) is 5.32 Å². The lowest BCUT2D eigenvalue weighted by Gasteiger charge is -2.17. The molecule has 1 aromatic carbocycles. The predicted molar refractivity (Wildman–Crippen MR) is 73.2 cm³/mol. The standard InChI is InChI=1S/C14H20N2O3/c1-18-9-11(19-2)8-15-14(17)13-7-10-5-3-4-6-12(10)16-13/h3-6,11,13,16H,7-9H2,1-2H3,(H,15,17). The molecule has 5 heteroatoms. The average molecular weight is 264 g/mol. The van der Waals surface area contributed by atoms with Gasteiger partial charge in [0.15, 0.2) is 0 Å². The zero-order valence-electron chi connectivity index (χ0n) is 11.3. The number of carbonyl (C=O) groups is 1. The Morgan fingerprint density at radius 2 is 2.26 bits per heavy atom. The molecular formula is C14H20N2O3. The van der Waals surface area contributed by atoms with Crippen molar-refractivity contribution in [2.45, 2.75) is 18.6 Å². The summed E-state index contributed by atoms with van der Waals surface area (Å²) in [6, 6.07) is 7.79. The zero-order chi connectivity index (χ0) is 13.7. The second-order valence-corrected chi connectivity index (χ2v) is 4.62. The van der Waals surface area contributed by atoms with E-state index in [4.69, 9.17) is 9.47 Å². The first kappa shape index (κ1) is 13.8. The van der Waals surface area contributed by atoms with Crippen LogP contribution in [0, 0.1) is 0 Å². The van der Waals surface area contributed by atoms with Crippen LogP contribution in [-0.4, -0.2) is 45.4 Å². The van der Waals surface area contributed by atoms with E-state index in [9.17, 15) is 4.79 Å². The lowest BCUT2D eigenvalue weighted by atomic mass is 10.1. The number of methoxy groups -OCH3 is 2. The van der Waals surface area contributed by atoms with Gasteiger partial charge in [-0.25, -0.2) is 0 Å². The number of ether oxygens (including phenoxy) is 2. The van der Waals surface area contributed by atoms with Crippen molar-refractivity contribution in [3.63, 3.8) is 0 Å². The summed E-state index contributed by atoms with van der Waals surface area (Å²) in [5.41, 5.74) is 2.23.